The first-order chi connectivity index (χ1) is 8.76. The number of nitrogens with one attached hydrogen (secondary N) is 1. The Labute approximate surface area is 118 Å². The lowest BCUT2D eigenvalue weighted by atomic mass is 10.1. The highest BCUT2D eigenvalue weighted by Crippen LogP contribution is 2.32. The second-order valence-electron chi connectivity index (χ2n) is 4.17. The molecule has 0 bridgehead atoms. The second kappa shape index (κ2) is 6.37. The summed E-state index contributed by atoms with van der Waals surface area (Å²) in [4.78, 5) is 2.75. The van der Waals surface area contributed by atoms with Gasteiger partial charge in [0.1, 0.15) is 0 Å². The average molecular weight is 280 g/mol. The van der Waals surface area contributed by atoms with E-state index in [0.717, 1.165) is 23.6 Å². The molecule has 96 valence electrons. The Bertz CT molecular complexity index is 507. The standard InChI is InChI=1S/C15H18ClNS/c1-3-11-9-10-14(18-11)15(17-4-2)12-7-5-6-8-13(12)16/h5-10,15,17H,3-4H2,1-2H3. The number of benzene rings is 1. The summed E-state index contributed by atoms with van der Waals surface area (Å²) in [5.41, 5.74) is 1.16. The smallest absolute Gasteiger partial charge is 0.0685 e. The highest BCUT2D eigenvalue weighted by molar-refractivity contribution is 7.12. The van der Waals surface area contributed by atoms with E-state index in [-0.39, 0.29) is 6.04 Å². The van der Waals surface area contributed by atoms with E-state index in [1.54, 1.807) is 0 Å². The van der Waals surface area contributed by atoms with Crippen molar-refractivity contribution in [1.29, 1.82) is 0 Å². The van der Waals surface area contributed by atoms with Crippen LogP contribution in [0.3, 0.4) is 0 Å². The highest BCUT2D eigenvalue weighted by atomic mass is 35.5. The fraction of sp³-hybridized carbons (Fsp3) is 0.333. The van der Waals surface area contributed by atoms with E-state index in [1.807, 2.05) is 29.5 Å². The molecular weight excluding hydrogens is 262 g/mol. The maximum Gasteiger partial charge on any atom is 0.0685 e. The Hall–Kier alpha value is -0.830. The Morgan fingerprint density at radius 1 is 1.17 bits per heavy atom. The molecule has 1 aromatic carbocycles. The maximum absolute atomic E-state index is 6.31. The predicted octanol–water partition coefficient (Wildman–Crippen LogP) is 4.66. The van der Waals surface area contributed by atoms with Crippen LogP contribution in [0.4, 0.5) is 0 Å². The third-order valence-electron chi connectivity index (χ3n) is 2.94. The molecule has 0 radical (unpaired) electrons. The molecule has 1 unspecified atom stereocenters. The third-order valence-corrected chi connectivity index (χ3v) is 4.58. The lowest BCUT2D eigenvalue weighted by Gasteiger charge is -2.18. The van der Waals surface area contributed by atoms with Gasteiger partial charge in [0.2, 0.25) is 0 Å². The Morgan fingerprint density at radius 2 is 1.94 bits per heavy atom. The summed E-state index contributed by atoms with van der Waals surface area (Å²) in [6.45, 7) is 5.24. The Morgan fingerprint density at radius 3 is 2.56 bits per heavy atom. The van der Waals surface area contributed by atoms with E-state index in [4.69, 9.17) is 11.6 Å². The van der Waals surface area contributed by atoms with Gasteiger partial charge in [0, 0.05) is 14.8 Å². The van der Waals surface area contributed by atoms with Crippen molar-refractivity contribution in [2.45, 2.75) is 26.3 Å². The molecule has 0 aliphatic heterocycles. The molecule has 0 amide bonds. The van der Waals surface area contributed by atoms with Crippen LogP contribution < -0.4 is 5.32 Å². The molecule has 0 aliphatic rings. The normalized spacial score (nSPS) is 12.6. The molecular formula is C15H18ClNS. The highest BCUT2D eigenvalue weighted by Gasteiger charge is 2.17. The van der Waals surface area contributed by atoms with Gasteiger partial charge in [-0.1, -0.05) is 43.6 Å². The van der Waals surface area contributed by atoms with Crippen LogP contribution >= 0.6 is 22.9 Å². The zero-order valence-electron chi connectivity index (χ0n) is 10.7. The topological polar surface area (TPSA) is 12.0 Å². The fourth-order valence-electron chi connectivity index (χ4n) is 2.02. The second-order valence-corrected chi connectivity index (χ2v) is 5.78. The van der Waals surface area contributed by atoms with Gasteiger partial charge in [-0.2, -0.15) is 0 Å². The summed E-state index contributed by atoms with van der Waals surface area (Å²) in [5.74, 6) is 0. The van der Waals surface area contributed by atoms with Crippen molar-refractivity contribution in [3.8, 4) is 0 Å². The van der Waals surface area contributed by atoms with Crippen LogP contribution in [0.2, 0.25) is 5.02 Å². The summed E-state index contributed by atoms with van der Waals surface area (Å²) in [6.07, 6.45) is 1.09. The number of halogens is 1. The van der Waals surface area contributed by atoms with Gasteiger partial charge in [0.15, 0.2) is 0 Å². The SMILES string of the molecule is CCNC(c1ccc(CC)s1)c1ccccc1Cl. The molecule has 1 aromatic heterocycles. The molecule has 1 atom stereocenters. The van der Waals surface area contributed by atoms with Crippen LogP contribution in [0.1, 0.15) is 35.2 Å². The monoisotopic (exact) mass is 279 g/mol. The minimum absolute atomic E-state index is 0.203. The van der Waals surface area contributed by atoms with Crippen LogP contribution in [0.25, 0.3) is 0 Å². The Kier molecular flexibility index (Phi) is 4.81. The van der Waals surface area contributed by atoms with Gasteiger partial charge in [-0.15, -0.1) is 11.3 Å². The molecule has 1 N–H and O–H groups in total. The zero-order chi connectivity index (χ0) is 13.0. The molecule has 18 heavy (non-hydrogen) atoms. The van der Waals surface area contributed by atoms with E-state index in [0.29, 0.717) is 0 Å². The van der Waals surface area contributed by atoms with Crippen LogP contribution in [0.15, 0.2) is 36.4 Å². The summed E-state index contributed by atoms with van der Waals surface area (Å²) < 4.78 is 0. The number of thiophene rings is 1. The van der Waals surface area contributed by atoms with Gasteiger partial charge in [0.25, 0.3) is 0 Å². The van der Waals surface area contributed by atoms with Crippen molar-refractivity contribution in [1.82, 2.24) is 5.32 Å². The minimum atomic E-state index is 0.203. The number of hydrogen-bond donors (Lipinski definition) is 1. The molecule has 0 saturated carbocycles. The molecule has 1 heterocycles. The first-order valence-corrected chi connectivity index (χ1v) is 7.52. The van der Waals surface area contributed by atoms with E-state index < -0.39 is 0 Å². The average Bonchev–Trinajstić information content (AvgIpc) is 2.85. The summed E-state index contributed by atoms with van der Waals surface area (Å²) >= 11 is 8.17. The molecule has 1 nitrogen and oxygen atoms in total. The van der Waals surface area contributed by atoms with Crippen molar-refractivity contribution in [3.63, 3.8) is 0 Å². The van der Waals surface area contributed by atoms with Crippen molar-refractivity contribution in [2.75, 3.05) is 6.54 Å². The van der Waals surface area contributed by atoms with Crippen molar-refractivity contribution in [3.05, 3.63) is 56.7 Å². The largest absolute Gasteiger partial charge is 0.306 e. The first kappa shape index (κ1) is 13.6. The minimum Gasteiger partial charge on any atom is -0.306 e. The molecule has 0 aliphatic carbocycles. The lowest BCUT2D eigenvalue weighted by Crippen LogP contribution is -2.21. The summed E-state index contributed by atoms with van der Waals surface area (Å²) in [5, 5.41) is 4.35. The van der Waals surface area contributed by atoms with Gasteiger partial charge >= 0.3 is 0 Å². The summed E-state index contributed by atoms with van der Waals surface area (Å²) in [6, 6.07) is 12.7. The van der Waals surface area contributed by atoms with Crippen LogP contribution in [-0.4, -0.2) is 6.54 Å². The van der Waals surface area contributed by atoms with E-state index in [1.165, 1.54) is 9.75 Å². The van der Waals surface area contributed by atoms with Crippen LogP contribution in [0.5, 0.6) is 0 Å². The van der Waals surface area contributed by atoms with Crippen molar-refractivity contribution < 1.29 is 0 Å². The third kappa shape index (κ3) is 2.94. The molecule has 2 rings (SSSR count). The predicted molar refractivity (Wildman–Crippen MR) is 80.7 cm³/mol. The van der Waals surface area contributed by atoms with Crippen molar-refractivity contribution in [2.24, 2.45) is 0 Å². The number of hydrogen-bond acceptors (Lipinski definition) is 2. The van der Waals surface area contributed by atoms with Crippen LogP contribution in [-0.2, 0) is 6.42 Å². The molecule has 3 heteroatoms. The quantitative estimate of drug-likeness (QED) is 0.839. The van der Waals surface area contributed by atoms with Gasteiger partial charge in [-0.05, 0) is 36.7 Å². The molecule has 0 spiro atoms. The van der Waals surface area contributed by atoms with Crippen LogP contribution in [0, 0.1) is 0 Å². The van der Waals surface area contributed by atoms with Gasteiger partial charge in [0.05, 0.1) is 6.04 Å². The molecule has 0 saturated heterocycles. The van der Waals surface area contributed by atoms with E-state index in [9.17, 15) is 0 Å². The van der Waals surface area contributed by atoms with Gasteiger partial charge in [-0.3, -0.25) is 0 Å². The van der Waals surface area contributed by atoms with Gasteiger partial charge in [-0.25, -0.2) is 0 Å². The first-order valence-electron chi connectivity index (χ1n) is 6.32. The maximum atomic E-state index is 6.31. The summed E-state index contributed by atoms with van der Waals surface area (Å²) in [7, 11) is 0. The van der Waals surface area contributed by atoms with E-state index in [2.05, 4.69) is 37.4 Å². The lowest BCUT2D eigenvalue weighted by molar-refractivity contribution is 0.640. The molecule has 2 aromatic rings. The molecule has 0 fully saturated rings. The Balaban J connectivity index is 2.36. The number of rotatable bonds is 5. The number of aryl methyl sites for hydroxylation is 1. The van der Waals surface area contributed by atoms with Gasteiger partial charge < -0.3 is 5.32 Å². The zero-order valence-corrected chi connectivity index (χ0v) is 12.3. The van der Waals surface area contributed by atoms with Crippen molar-refractivity contribution >= 4 is 22.9 Å². The van der Waals surface area contributed by atoms with E-state index >= 15 is 0 Å². The fourth-order valence-corrected chi connectivity index (χ4v) is 3.31.